The van der Waals surface area contributed by atoms with Gasteiger partial charge in [0.1, 0.15) is 0 Å². The Labute approximate surface area is 129 Å². The van der Waals surface area contributed by atoms with Gasteiger partial charge >= 0.3 is 0 Å². The molecule has 6 heteroatoms. The highest BCUT2D eigenvalue weighted by molar-refractivity contribution is 9.10. The Bertz CT molecular complexity index is 548. The maximum atomic E-state index is 11.7. The van der Waals surface area contributed by atoms with E-state index in [-0.39, 0.29) is 12.0 Å². The molecule has 1 aromatic rings. The predicted molar refractivity (Wildman–Crippen MR) is 84.5 cm³/mol. The lowest BCUT2D eigenvalue weighted by atomic mass is 9.93. The van der Waals surface area contributed by atoms with Crippen LogP contribution in [0.2, 0.25) is 0 Å². The van der Waals surface area contributed by atoms with Gasteiger partial charge in [-0.15, -0.1) is 0 Å². The van der Waals surface area contributed by atoms with E-state index in [4.69, 9.17) is 0 Å². The van der Waals surface area contributed by atoms with E-state index in [1.54, 1.807) is 6.20 Å². The Kier molecular flexibility index (Phi) is 5.57. The molecule has 112 valence electrons. The summed E-state index contributed by atoms with van der Waals surface area (Å²) in [6.45, 7) is 3.04. The first-order valence-corrected chi connectivity index (χ1v) is 9.65. The summed E-state index contributed by atoms with van der Waals surface area (Å²) in [5.41, 5.74) is 1.14. The molecule has 2 rings (SSSR count). The van der Waals surface area contributed by atoms with Crippen molar-refractivity contribution < 1.29 is 8.42 Å². The summed E-state index contributed by atoms with van der Waals surface area (Å²) in [6.07, 6.45) is 6.26. The van der Waals surface area contributed by atoms with Gasteiger partial charge in [0.15, 0.2) is 9.84 Å². The number of sulfone groups is 1. The van der Waals surface area contributed by atoms with Gasteiger partial charge in [0.05, 0.1) is 11.5 Å². The number of halogens is 1. The fourth-order valence-corrected chi connectivity index (χ4v) is 4.99. The molecule has 2 atom stereocenters. The van der Waals surface area contributed by atoms with Crippen LogP contribution in [0.3, 0.4) is 0 Å². The summed E-state index contributed by atoms with van der Waals surface area (Å²) in [5.74, 6) is 0.861. The predicted octanol–water partition coefficient (Wildman–Crippen LogP) is 2.19. The van der Waals surface area contributed by atoms with Crippen LogP contribution in [0.1, 0.15) is 25.3 Å². The molecular weight excluding hydrogens is 340 g/mol. The Balaban J connectivity index is 2.07. The minimum atomic E-state index is -2.83. The molecule has 1 aromatic heterocycles. The number of nitrogens with zero attached hydrogens (tertiary/aromatic N) is 1. The molecule has 1 aliphatic rings. The van der Waals surface area contributed by atoms with Crippen molar-refractivity contribution in [1.82, 2.24) is 10.3 Å². The minimum absolute atomic E-state index is 0.211. The molecule has 0 radical (unpaired) electrons. The third-order valence-corrected chi connectivity index (χ3v) is 5.94. The van der Waals surface area contributed by atoms with Crippen molar-refractivity contribution in [2.24, 2.45) is 5.92 Å². The van der Waals surface area contributed by atoms with Crippen LogP contribution in [0.15, 0.2) is 22.9 Å². The Morgan fingerprint density at radius 3 is 2.90 bits per heavy atom. The second-order valence-electron chi connectivity index (χ2n) is 5.44. The van der Waals surface area contributed by atoms with E-state index >= 15 is 0 Å². The fraction of sp³-hybridized carbons (Fsp3) is 0.643. The van der Waals surface area contributed by atoms with E-state index in [0.29, 0.717) is 11.5 Å². The van der Waals surface area contributed by atoms with Gasteiger partial charge in [-0.2, -0.15) is 0 Å². The van der Waals surface area contributed by atoms with E-state index in [0.717, 1.165) is 35.8 Å². The molecule has 4 nitrogen and oxygen atoms in total. The summed E-state index contributed by atoms with van der Waals surface area (Å²) in [5, 5.41) is 3.51. The SMILES string of the molecule is CCCNC(Cc1cncc(Br)c1)C1CCS(=O)(=O)C1. The standard InChI is InChI=1S/C14H21BrN2O2S/c1-2-4-17-14(12-3-5-20(18,19)10-12)7-11-6-13(15)9-16-8-11/h6,8-9,12,14,17H,2-5,7,10H2,1H3. The molecular formula is C14H21BrN2O2S. The summed E-state index contributed by atoms with van der Waals surface area (Å²) in [4.78, 5) is 4.18. The molecule has 0 aliphatic carbocycles. The van der Waals surface area contributed by atoms with Crippen molar-refractivity contribution in [3.8, 4) is 0 Å². The number of hydrogen-bond donors (Lipinski definition) is 1. The zero-order valence-electron chi connectivity index (χ0n) is 11.7. The van der Waals surface area contributed by atoms with Gasteiger partial charge in [0.25, 0.3) is 0 Å². The first-order chi connectivity index (χ1) is 9.50. The summed E-state index contributed by atoms with van der Waals surface area (Å²) in [7, 11) is -2.83. The van der Waals surface area contributed by atoms with Gasteiger partial charge < -0.3 is 5.32 Å². The normalized spacial score (nSPS) is 22.8. The van der Waals surface area contributed by atoms with Crippen molar-refractivity contribution in [3.63, 3.8) is 0 Å². The van der Waals surface area contributed by atoms with Crippen LogP contribution in [0.4, 0.5) is 0 Å². The van der Waals surface area contributed by atoms with Crippen LogP contribution in [-0.2, 0) is 16.3 Å². The third-order valence-electron chi connectivity index (χ3n) is 3.71. The van der Waals surface area contributed by atoms with Crippen LogP contribution in [0.5, 0.6) is 0 Å². The molecule has 0 amide bonds. The van der Waals surface area contributed by atoms with E-state index < -0.39 is 9.84 Å². The van der Waals surface area contributed by atoms with Crippen LogP contribution in [0.25, 0.3) is 0 Å². The number of nitrogens with one attached hydrogen (secondary N) is 1. The zero-order valence-corrected chi connectivity index (χ0v) is 14.1. The quantitative estimate of drug-likeness (QED) is 0.844. The average Bonchev–Trinajstić information content (AvgIpc) is 2.75. The zero-order chi connectivity index (χ0) is 14.6. The largest absolute Gasteiger partial charge is 0.313 e. The molecule has 1 saturated heterocycles. The van der Waals surface area contributed by atoms with Gasteiger partial charge in [0, 0.05) is 22.9 Å². The second-order valence-corrected chi connectivity index (χ2v) is 8.58. The van der Waals surface area contributed by atoms with E-state index in [1.165, 1.54) is 0 Å². The van der Waals surface area contributed by atoms with Crippen molar-refractivity contribution in [1.29, 1.82) is 0 Å². The maximum Gasteiger partial charge on any atom is 0.150 e. The highest BCUT2D eigenvalue weighted by atomic mass is 79.9. The molecule has 20 heavy (non-hydrogen) atoms. The lowest BCUT2D eigenvalue weighted by Gasteiger charge is -2.24. The highest BCUT2D eigenvalue weighted by Gasteiger charge is 2.33. The topological polar surface area (TPSA) is 59.1 Å². The van der Waals surface area contributed by atoms with Gasteiger partial charge in [-0.05, 0) is 59.3 Å². The van der Waals surface area contributed by atoms with Gasteiger partial charge in [-0.3, -0.25) is 4.98 Å². The molecule has 1 N–H and O–H groups in total. The number of aromatic nitrogens is 1. The molecule has 1 fully saturated rings. The average molecular weight is 361 g/mol. The minimum Gasteiger partial charge on any atom is -0.313 e. The van der Waals surface area contributed by atoms with Crippen LogP contribution >= 0.6 is 15.9 Å². The Hall–Kier alpha value is -0.460. The van der Waals surface area contributed by atoms with Crippen molar-refractivity contribution in [2.75, 3.05) is 18.1 Å². The van der Waals surface area contributed by atoms with E-state index in [9.17, 15) is 8.42 Å². The number of pyridine rings is 1. The maximum absolute atomic E-state index is 11.7. The lowest BCUT2D eigenvalue weighted by molar-refractivity contribution is 0.379. The number of hydrogen-bond acceptors (Lipinski definition) is 4. The van der Waals surface area contributed by atoms with Crippen molar-refractivity contribution >= 4 is 25.8 Å². The Morgan fingerprint density at radius 2 is 2.30 bits per heavy atom. The van der Waals surface area contributed by atoms with Gasteiger partial charge in [0.2, 0.25) is 0 Å². The van der Waals surface area contributed by atoms with Crippen molar-refractivity contribution in [2.45, 2.75) is 32.2 Å². The Morgan fingerprint density at radius 1 is 1.50 bits per heavy atom. The van der Waals surface area contributed by atoms with E-state index in [1.807, 2.05) is 6.20 Å². The van der Waals surface area contributed by atoms with Gasteiger partial charge in [-0.1, -0.05) is 6.92 Å². The summed E-state index contributed by atoms with van der Waals surface area (Å²) < 4.78 is 24.3. The lowest BCUT2D eigenvalue weighted by Crippen LogP contribution is -2.39. The highest BCUT2D eigenvalue weighted by Crippen LogP contribution is 2.24. The molecule has 0 bridgehead atoms. The molecule has 2 unspecified atom stereocenters. The molecule has 1 aliphatic heterocycles. The van der Waals surface area contributed by atoms with Crippen LogP contribution in [-0.4, -0.2) is 37.5 Å². The molecule has 2 heterocycles. The summed E-state index contributed by atoms with van der Waals surface area (Å²) >= 11 is 3.43. The van der Waals surface area contributed by atoms with E-state index in [2.05, 4.69) is 39.2 Å². The first kappa shape index (κ1) is 15.9. The third kappa shape index (κ3) is 4.53. The van der Waals surface area contributed by atoms with Crippen LogP contribution in [0, 0.1) is 5.92 Å². The molecule has 0 aromatic carbocycles. The fourth-order valence-electron chi connectivity index (χ4n) is 2.70. The summed E-state index contributed by atoms with van der Waals surface area (Å²) in [6, 6.07) is 2.26. The first-order valence-electron chi connectivity index (χ1n) is 7.03. The molecule has 0 saturated carbocycles. The number of rotatable bonds is 6. The molecule has 0 spiro atoms. The second kappa shape index (κ2) is 7.00. The monoisotopic (exact) mass is 360 g/mol. The van der Waals surface area contributed by atoms with Crippen LogP contribution < -0.4 is 5.32 Å². The van der Waals surface area contributed by atoms with Gasteiger partial charge in [-0.25, -0.2) is 8.42 Å². The smallest absolute Gasteiger partial charge is 0.150 e. The van der Waals surface area contributed by atoms with Crippen molar-refractivity contribution in [3.05, 3.63) is 28.5 Å².